The zero-order chi connectivity index (χ0) is 18.4. The van der Waals surface area contributed by atoms with Gasteiger partial charge in [0.1, 0.15) is 11.6 Å². The normalized spacial score (nSPS) is 15.0. The van der Waals surface area contributed by atoms with E-state index in [1.807, 2.05) is 11.8 Å². The molecule has 0 unspecified atom stereocenters. The van der Waals surface area contributed by atoms with Gasteiger partial charge in [-0.3, -0.25) is 4.79 Å². The second kappa shape index (κ2) is 8.98. The fourth-order valence-electron chi connectivity index (χ4n) is 2.97. The van der Waals surface area contributed by atoms with Gasteiger partial charge < -0.3 is 14.5 Å². The van der Waals surface area contributed by atoms with Crippen LogP contribution in [0, 0.1) is 12.7 Å². The quantitative estimate of drug-likeness (QED) is 0.723. The number of rotatable bonds is 6. The van der Waals surface area contributed by atoms with Gasteiger partial charge in [0.25, 0.3) is 0 Å². The Morgan fingerprint density at radius 1 is 1.31 bits per heavy atom. The van der Waals surface area contributed by atoms with E-state index in [-0.39, 0.29) is 11.7 Å². The maximum atomic E-state index is 13.1. The molecule has 2 heterocycles. The molecule has 0 atom stereocenters. The molecular weight excluding hydrogens is 353 g/mol. The minimum absolute atomic E-state index is 0.157. The highest BCUT2D eigenvalue weighted by Gasteiger charge is 2.20. The molecule has 2 aromatic rings. The lowest BCUT2D eigenvalue weighted by Gasteiger charge is -2.21. The number of anilines is 1. The second-order valence-electron chi connectivity index (χ2n) is 6.40. The monoisotopic (exact) mass is 377 g/mol. The number of aryl methyl sites for hydroxylation is 1. The average Bonchev–Trinajstić information content (AvgIpc) is 2.91. The Morgan fingerprint density at radius 2 is 2.19 bits per heavy atom. The zero-order valence-electron chi connectivity index (χ0n) is 15.0. The molecule has 0 bridgehead atoms. The van der Waals surface area contributed by atoms with Crippen LogP contribution in [0.25, 0.3) is 0 Å². The van der Waals surface area contributed by atoms with Crippen molar-refractivity contribution in [2.24, 2.45) is 0 Å². The SMILES string of the molecule is Cc1csc(N2CCCN(C(=O)CCCOc3cccc(F)c3)CC2)n1. The van der Waals surface area contributed by atoms with Crippen LogP contribution < -0.4 is 9.64 Å². The molecule has 1 aromatic carbocycles. The van der Waals surface area contributed by atoms with Crippen LogP contribution in [0.1, 0.15) is 25.0 Å². The molecule has 0 radical (unpaired) electrons. The van der Waals surface area contributed by atoms with E-state index in [0.29, 0.717) is 25.2 Å². The van der Waals surface area contributed by atoms with Crippen LogP contribution in [0.2, 0.25) is 0 Å². The first-order chi connectivity index (χ1) is 12.6. The van der Waals surface area contributed by atoms with Crippen LogP contribution in [-0.2, 0) is 4.79 Å². The van der Waals surface area contributed by atoms with Gasteiger partial charge in [-0.15, -0.1) is 11.3 Å². The Balaban J connectivity index is 1.40. The number of amides is 1. The van der Waals surface area contributed by atoms with Crippen molar-refractivity contribution in [1.82, 2.24) is 9.88 Å². The van der Waals surface area contributed by atoms with Gasteiger partial charge in [0.2, 0.25) is 5.91 Å². The van der Waals surface area contributed by atoms with Crippen LogP contribution in [0.15, 0.2) is 29.6 Å². The highest BCUT2D eigenvalue weighted by molar-refractivity contribution is 7.13. The molecule has 26 heavy (non-hydrogen) atoms. The molecular formula is C19H24FN3O2S. The third kappa shape index (κ3) is 5.17. The predicted octanol–water partition coefficient (Wildman–Crippen LogP) is 3.49. The Kier molecular flexibility index (Phi) is 6.44. The lowest BCUT2D eigenvalue weighted by Crippen LogP contribution is -2.35. The molecule has 1 amide bonds. The summed E-state index contributed by atoms with van der Waals surface area (Å²) in [7, 11) is 0. The minimum Gasteiger partial charge on any atom is -0.493 e. The predicted molar refractivity (Wildman–Crippen MR) is 101 cm³/mol. The summed E-state index contributed by atoms with van der Waals surface area (Å²) in [6.07, 6.45) is 2.02. The number of hydrogen-bond donors (Lipinski definition) is 0. The molecule has 0 spiro atoms. The molecule has 0 saturated carbocycles. The Hall–Kier alpha value is -2.15. The number of thiazole rings is 1. The van der Waals surface area contributed by atoms with Crippen LogP contribution >= 0.6 is 11.3 Å². The van der Waals surface area contributed by atoms with Crippen molar-refractivity contribution in [3.8, 4) is 5.75 Å². The zero-order valence-corrected chi connectivity index (χ0v) is 15.8. The summed E-state index contributed by atoms with van der Waals surface area (Å²) < 4.78 is 18.6. The molecule has 1 aromatic heterocycles. The summed E-state index contributed by atoms with van der Waals surface area (Å²) in [6.45, 7) is 5.66. The third-order valence-corrected chi connectivity index (χ3v) is 5.35. The standard InChI is InChI=1S/C19H24FN3O2S/c1-15-14-26-19(21-15)23-9-4-8-22(10-11-23)18(24)7-3-12-25-17-6-2-5-16(20)13-17/h2,5-6,13-14H,3-4,7-12H2,1H3. The smallest absolute Gasteiger partial charge is 0.222 e. The largest absolute Gasteiger partial charge is 0.493 e. The van der Waals surface area contributed by atoms with Crippen molar-refractivity contribution < 1.29 is 13.9 Å². The number of halogens is 1. The topological polar surface area (TPSA) is 45.7 Å². The van der Waals surface area contributed by atoms with E-state index >= 15 is 0 Å². The fraction of sp³-hybridized carbons (Fsp3) is 0.474. The third-order valence-electron chi connectivity index (χ3n) is 4.33. The van der Waals surface area contributed by atoms with E-state index in [2.05, 4.69) is 15.3 Å². The van der Waals surface area contributed by atoms with Crippen molar-refractivity contribution in [3.63, 3.8) is 0 Å². The molecule has 0 N–H and O–H groups in total. The van der Waals surface area contributed by atoms with Crippen molar-refractivity contribution in [2.45, 2.75) is 26.2 Å². The first-order valence-electron chi connectivity index (χ1n) is 8.95. The number of aromatic nitrogens is 1. The fourth-order valence-corrected chi connectivity index (χ4v) is 3.83. The average molecular weight is 377 g/mol. The van der Waals surface area contributed by atoms with Crippen LogP contribution in [-0.4, -0.2) is 48.6 Å². The highest BCUT2D eigenvalue weighted by Crippen LogP contribution is 2.21. The van der Waals surface area contributed by atoms with Gasteiger partial charge in [-0.05, 0) is 31.9 Å². The van der Waals surface area contributed by atoms with Gasteiger partial charge in [-0.25, -0.2) is 9.37 Å². The van der Waals surface area contributed by atoms with Crippen molar-refractivity contribution in [1.29, 1.82) is 0 Å². The van der Waals surface area contributed by atoms with Crippen LogP contribution in [0.4, 0.5) is 9.52 Å². The molecule has 0 aliphatic carbocycles. The Bertz CT molecular complexity index is 737. The lowest BCUT2D eigenvalue weighted by molar-refractivity contribution is -0.131. The van der Waals surface area contributed by atoms with E-state index in [4.69, 9.17) is 4.74 Å². The maximum absolute atomic E-state index is 13.1. The summed E-state index contributed by atoms with van der Waals surface area (Å²) in [5, 5.41) is 3.10. The van der Waals surface area contributed by atoms with Crippen molar-refractivity contribution in [3.05, 3.63) is 41.2 Å². The first kappa shape index (κ1) is 18.6. The van der Waals surface area contributed by atoms with Crippen molar-refractivity contribution in [2.75, 3.05) is 37.7 Å². The first-order valence-corrected chi connectivity index (χ1v) is 9.83. The molecule has 1 aliphatic rings. The molecule has 1 fully saturated rings. The number of carbonyl (C=O) groups is 1. The molecule has 1 aliphatic heterocycles. The molecule has 1 saturated heterocycles. The van der Waals surface area contributed by atoms with Gasteiger partial charge >= 0.3 is 0 Å². The van der Waals surface area contributed by atoms with Gasteiger partial charge in [0.05, 0.1) is 12.3 Å². The van der Waals surface area contributed by atoms with E-state index in [0.717, 1.165) is 43.4 Å². The van der Waals surface area contributed by atoms with Gasteiger partial charge in [-0.1, -0.05) is 6.07 Å². The van der Waals surface area contributed by atoms with Crippen LogP contribution in [0.3, 0.4) is 0 Å². The van der Waals surface area contributed by atoms with E-state index in [1.165, 1.54) is 12.1 Å². The Morgan fingerprint density at radius 3 is 2.96 bits per heavy atom. The number of hydrogen-bond acceptors (Lipinski definition) is 5. The van der Waals surface area contributed by atoms with E-state index in [1.54, 1.807) is 23.5 Å². The number of ether oxygens (including phenoxy) is 1. The van der Waals surface area contributed by atoms with Crippen molar-refractivity contribution >= 4 is 22.4 Å². The van der Waals surface area contributed by atoms with Gasteiger partial charge in [-0.2, -0.15) is 0 Å². The molecule has 3 rings (SSSR count). The molecule has 5 nitrogen and oxygen atoms in total. The summed E-state index contributed by atoms with van der Waals surface area (Å²) in [4.78, 5) is 21.2. The number of nitrogens with zero attached hydrogens (tertiary/aromatic N) is 3. The van der Waals surface area contributed by atoms with E-state index in [9.17, 15) is 9.18 Å². The summed E-state index contributed by atoms with van der Waals surface area (Å²) in [5.41, 5.74) is 1.04. The highest BCUT2D eigenvalue weighted by atomic mass is 32.1. The summed E-state index contributed by atoms with van der Waals surface area (Å²) in [5.74, 6) is 0.342. The van der Waals surface area contributed by atoms with Gasteiger partial charge in [0.15, 0.2) is 5.13 Å². The minimum atomic E-state index is -0.317. The lowest BCUT2D eigenvalue weighted by atomic mass is 10.2. The Labute approximate surface area is 157 Å². The number of carbonyl (C=O) groups excluding carboxylic acids is 1. The van der Waals surface area contributed by atoms with Crippen LogP contribution in [0.5, 0.6) is 5.75 Å². The number of benzene rings is 1. The summed E-state index contributed by atoms with van der Waals surface area (Å²) in [6, 6.07) is 6.06. The van der Waals surface area contributed by atoms with Gasteiger partial charge in [0, 0.05) is 44.0 Å². The van der Waals surface area contributed by atoms with E-state index < -0.39 is 0 Å². The summed E-state index contributed by atoms with van der Waals surface area (Å²) >= 11 is 1.66. The second-order valence-corrected chi connectivity index (χ2v) is 7.24. The molecule has 7 heteroatoms. The maximum Gasteiger partial charge on any atom is 0.222 e. The molecule has 140 valence electrons.